The van der Waals surface area contributed by atoms with E-state index in [1.165, 1.54) is 5.56 Å². The molecule has 112 valence electrons. The van der Waals surface area contributed by atoms with Crippen molar-refractivity contribution in [3.63, 3.8) is 0 Å². The number of carbonyl (C=O) groups is 1. The van der Waals surface area contributed by atoms with Gasteiger partial charge in [-0.2, -0.15) is 0 Å². The van der Waals surface area contributed by atoms with E-state index in [9.17, 15) is 4.79 Å². The molecule has 0 aliphatic carbocycles. The number of hydrogen-bond acceptors (Lipinski definition) is 3. The van der Waals surface area contributed by atoms with Gasteiger partial charge in [0.1, 0.15) is 0 Å². The minimum atomic E-state index is -0.760. The first-order valence-corrected chi connectivity index (χ1v) is 7.17. The van der Waals surface area contributed by atoms with Crippen molar-refractivity contribution in [3.05, 3.63) is 42.1 Å². The summed E-state index contributed by atoms with van der Waals surface area (Å²) in [5.41, 5.74) is 2.07. The number of benzene rings is 1. The number of rotatable bonds is 5. The lowest BCUT2D eigenvalue weighted by Gasteiger charge is -2.35. The van der Waals surface area contributed by atoms with Crippen molar-refractivity contribution in [2.24, 2.45) is 0 Å². The minimum Gasteiger partial charge on any atom is -0.481 e. The fraction of sp³-hybridized carbons (Fsp3) is 0.412. The second-order valence-electron chi connectivity index (χ2n) is 6.22. The van der Waals surface area contributed by atoms with Crippen LogP contribution in [0, 0.1) is 0 Å². The van der Waals surface area contributed by atoms with Crippen LogP contribution in [0.2, 0.25) is 0 Å². The molecule has 4 nitrogen and oxygen atoms in total. The molecular weight excluding hydrogens is 264 g/mol. The van der Waals surface area contributed by atoms with Gasteiger partial charge in [0.2, 0.25) is 0 Å². The third-order valence-electron chi connectivity index (χ3n) is 3.64. The molecule has 0 fully saturated rings. The van der Waals surface area contributed by atoms with Crippen molar-refractivity contribution in [2.75, 3.05) is 6.54 Å². The van der Waals surface area contributed by atoms with E-state index < -0.39 is 5.97 Å². The lowest BCUT2D eigenvalue weighted by atomic mass is 10.0. The lowest BCUT2D eigenvalue weighted by molar-refractivity contribution is -0.137. The van der Waals surface area contributed by atoms with Crippen LogP contribution in [0.1, 0.15) is 32.8 Å². The zero-order chi connectivity index (χ0) is 15.5. The average molecular weight is 286 g/mol. The predicted molar refractivity (Wildman–Crippen MR) is 84.2 cm³/mol. The molecule has 0 spiro atoms. The normalized spacial score (nSPS) is 12.0. The summed E-state index contributed by atoms with van der Waals surface area (Å²) in [6.07, 6.45) is 1.97. The van der Waals surface area contributed by atoms with Gasteiger partial charge in [-0.25, -0.2) is 0 Å². The van der Waals surface area contributed by atoms with Gasteiger partial charge < -0.3 is 5.11 Å². The Morgan fingerprint density at radius 2 is 1.95 bits per heavy atom. The highest BCUT2D eigenvalue weighted by Crippen LogP contribution is 2.22. The van der Waals surface area contributed by atoms with Crippen LogP contribution in [-0.2, 0) is 11.3 Å². The lowest BCUT2D eigenvalue weighted by Crippen LogP contribution is -2.42. The molecule has 1 aromatic carbocycles. The van der Waals surface area contributed by atoms with Crippen LogP contribution in [0.15, 0.2) is 36.5 Å². The van der Waals surface area contributed by atoms with Crippen LogP contribution < -0.4 is 0 Å². The van der Waals surface area contributed by atoms with Gasteiger partial charge in [-0.3, -0.25) is 14.7 Å². The molecule has 0 bridgehead atoms. The van der Waals surface area contributed by atoms with Gasteiger partial charge in [0.05, 0.1) is 11.9 Å². The predicted octanol–water partition coefficient (Wildman–Crippen LogP) is 3.31. The smallest absolute Gasteiger partial charge is 0.304 e. The number of hydrogen-bond donors (Lipinski definition) is 1. The third-order valence-corrected chi connectivity index (χ3v) is 3.64. The first kappa shape index (κ1) is 15.4. The van der Waals surface area contributed by atoms with E-state index >= 15 is 0 Å². The highest BCUT2D eigenvalue weighted by Gasteiger charge is 2.22. The fourth-order valence-electron chi connectivity index (χ4n) is 2.38. The largest absolute Gasteiger partial charge is 0.481 e. The molecule has 0 aliphatic heterocycles. The van der Waals surface area contributed by atoms with E-state index in [0.29, 0.717) is 6.54 Å². The molecule has 21 heavy (non-hydrogen) atoms. The second-order valence-corrected chi connectivity index (χ2v) is 6.22. The Morgan fingerprint density at radius 1 is 1.24 bits per heavy atom. The highest BCUT2D eigenvalue weighted by atomic mass is 16.4. The number of pyridine rings is 1. The van der Waals surface area contributed by atoms with E-state index in [0.717, 1.165) is 17.4 Å². The van der Waals surface area contributed by atoms with Crippen molar-refractivity contribution < 1.29 is 9.90 Å². The summed E-state index contributed by atoms with van der Waals surface area (Å²) in [5.74, 6) is -0.760. The van der Waals surface area contributed by atoms with Gasteiger partial charge in [-0.1, -0.05) is 18.2 Å². The molecule has 1 aromatic heterocycles. The summed E-state index contributed by atoms with van der Waals surface area (Å²) in [5, 5.41) is 10.1. The molecular formula is C17H22N2O2. The van der Waals surface area contributed by atoms with Crippen molar-refractivity contribution >= 4 is 16.9 Å². The molecule has 1 heterocycles. The fourth-order valence-corrected chi connectivity index (χ4v) is 2.38. The highest BCUT2D eigenvalue weighted by molar-refractivity contribution is 5.81. The molecule has 4 heteroatoms. The molecule has 0 radical (unpaired) electrons. The standard InChI is InChI=1S/C17H22N2O2/c1-17(2,3)19(11-9-16(20)21)12-13-8-10-18-15-7-5-4-6-14(13)15/h4-8,10H,9,11-12H2,1-3H3,(H,20,21). The zero-order valence-electron chi connectivity index (χ0n) is 12.8. The van der Waals surface area contributed by atoms with Crippen molar-refractivity contribution in [3.8, 4) is 0 Å². The minimum absolute atomic E-state index is 0.0835. The van der Waals surface area contributed by atoms with Crippen molar-refractivity contribution in [1.82, 2.24) is 9.88 Å². The summed E-state index contributed by atoms with van der Waals surface area (Å²) < 4.78 is 0. The quantitative estimate of drug-likeness (QED) is 0.916. The van der Waals surface area contributed by atoms with Gasteiger partial charge in [-0.05, 0) is 38.5 Å². The van der Waals surface area contributed by atoms with E-state index in [1.54, 1.807) is 0 Å². The van der Waals surface area contributed by atoms with Gasteiger partial charge in [0.25, 0.3) is 0 Å². The number of para-hydroxylation sites is 1. The van der Waals surface area contributed by atoms with E-state index in [1.807, 2.05) is 30.5 Å². The molecule has 0 atom stereocenters. The Labute approximate surface area is 125 Å². The number of aliphatic carboxylic acids is 1. The summed E-state index contributed by atoms with van der Waals surface area (Å²) >= 11 is 0. The van der Waals surface area contributed by atoms with E-state index in [4.69, 9.17) is 5.11 Å². The zero-order valence-corrected chi connectivity index (χ0v) is 12.8. The Morgan fingerprint density at radius 3 is 2.62 bits per heavy atom. The summed E-state index contributed by atoms with van der Waals surface area (Å²) in [4.78, 5) is 17.4. The third kappa shape index (κ3) is 4.02. The molecule has 0 saturated heterocycles. The van der Waals surface area contributed by atoms with Crippen LogP contribution in [0.5, 0.6) is 0 Å². The maximum absolute atomic E-state index is 10.9. The molecule has 0 saturated carbocycles. The van der Waals surface area contributed by atoms with Gasteiger partial charge in [0.15, 0.2) is 0 Å². The molecule has 2 rings (SSSR count). The monoisotopic (exact) mass is 286 g/mol. The Kier molecular flexibility index (Phi) is 4.58. The number of nitrogens with zero attached hydrogens (tertiary/aromatic N) is 2. The Bertz CT molecular complexity index is 627. The number of fused-ring (bicyclic) bond motifs is 1. The van der Waals surface area contributed by atoms with Gasteiger partial charge >= 0.3 is 5.97 Å². The van der Waals surface area contributed by atoms with Crippen molar-refractivity contribution in [1.29, 1.82) is 0 Å². The first-order valence-electron chi connectivity index (χ1n) is 7.17. The van der Waals surface area contributed by atoms with Crippen LogP contribution in [0.4, 0.5) is 0 Å². The first-order chi connectivity index (χ1) is 9.88. The Balaban J connectivity index is 2.28. The van der Waals surface area contributed by atoms with E-state index in [-0.39, 0.29) is 12.0 Å². The van der Waals surface area contributed by atoms with Crippen LogP contribution in [0.25, 0.3) is 10.9 Å². The van der Waals surface area contributed by atoms with Gasteiger partial charge in [-0.15, -0.1) is 0 Å². The van der Waals surface area contributed by atoms with E-state index in [2.05, 4.69) is 36.7 Å². The van der Waals surface area contributed by atoms with Crippen LogP contribution >= 0.6 is 0 Å². The SMILES string of the molecule is CC(C)(C)N(CCC(=O)O)Cc1ccnc2ccccc12. The maximum atomic E-state index is 10.9. The molecule has 0 unspecified atom stereocenters. The molecule has 0 amide bonds. The van der Waals surface area contributed by atoms with Crippen LogP contribution in [0.3, 0.4) is 0 Å². The average Bonchev–Trinajstić information content (AvgIpc) is 2.42. The summed E-state index contributed by atoms with van der Waals surface area (Å²) in [6.45, 7) is 7.59. The maximum Gasteiger partial charge on any atom is 0.304 e. The topological polar surface area (TPSA) is 53.4 Å². The summed E-state index contributed by atoms with van der Waals surface area (Å²) in [6, 6.07) is 10.1. The number of carboxylic acids is 1. The summed E-state index contributed by atoms with van der Waals surface area (Å²) in [7, 11) is 0. The number of carboxylic acid groups (broad SMARTS) is 1. The molecule has 2 aromatic rings. The molecule has 0 aliphatic rings. The van der Waals surface area contributed by atoms with Gasteiger partial charge in [0, 0.05) is 30.2 Å². The van der Waals surface area contributed by atoms with Crippen LogP contribution in [-0.4, -0.2) is 33.0 Å². The van der Waals surface area contributed by atoms with Crippen molar-refractivity contribution in [2.45, 2.75) is 39.3 Å². The molecule has 1 N–H and O–H groups in total. The Hall–Kier alpha value is -1.94. The second kappa shape index (κ2) is 6.22. The number of aromatic nitrogens is 1.